The van der Waals surface area contributed by atoms with E-state index in [0.717, 1.165) is 5.56 Å². The lowest BCUT2D eigenvalue weighted by Gasteiger charge is -2.21. The highest BCUT2D eigenvalue weighted by Gasteiger charge is 2.25. The number of carbonyl (C=O) groups is 1. The molecule has 0 aliphatic heterocycles. The van der Waals surface area contributed by atoms with Crippen LogP contribution >= 0.6 is 11.6 Å². The molecule has 0 bridgehead atoms. The standard InChI is InChI=1S/C19H23ClN2O4S/c1-13(2)22(3)27(24,25)16-8-9-18(20)17(11-16)19(23)21-12-14-6-5-7-15(10-14)26-4/h5-11,13H,12H2,1-4H3,(H,21,23). The molecule has 2 rings (SSSR count). The lowest BCUT2D eigenvalue weighted by Crippen LogP contribution is -2.33. The zero-order valence-electron chi connectivity index (χ0n) is 15.7. The molecule has 146 valence electrons. The van der Waals surface area contributed by atoms with Crippen LogP contribution in [0.5, 0.6) is 5.75 Å². The number of benzene rings is 2. The summed E-state index contributed by atoms with van der Waals surface area (Å²) in [6.07, 6.45) is 0. The molecule has 0 spiro atoms. The van der Waals surface area contributed by atoms with E-state index >= 15 is 0 Å². The summed E-state index contributed by atoms with van der Waals surface area (Å²) < 4.78 is 31.7. The third kappa shape index (κ3) is 5.00. The van der Waals surface area contributed by atoms with Crippen molar-refractivity contribution in [2.24, 2.45) is 0 Å². The van der Waals surface area contributed by atoms with Crippen LogP contribution in [0.4, 0.5) is 0 Å². The van der Waals surface area contributed by atoms with Crippen LogP contribution in [0.25, 0.3) is 0 Å². The minimum absolute atomic E-state index is 0.0228. The zero-order valence-corrected chi connectivity index (χ0v) is 17.3. The van der Waals surface area contributed by atoms with Crippen LogP contribution < -0.4 is 10.1 Å². The molecular formula is C19H23ClN2O4S. The van der Waals surface area contributed by atoms with Crippen LogP contribution in [-0.4, -0.2) is 38.8 Å². The molecule has 27 heavy (non-hydrogen) atoms. The van der Waals surface area contributed by atoms with Crippen molar-refractivity contribution in [1.82, 2.24) is 9.62 Å². The number of hydrogen-bond donors (Lipinski definition) is 1. The summed E-state index contributed by atoms with van der Waals surface area (Å²) in [7, 11) is -0.645. The average Bonchev–Trinajstić information content (AvgIpc) is 2.65. The van der Waals surface area contributed by atoms with E-state index in [1.807, 2.05) is 18.2 Å². The summed E-state index contributed by atoms with van der Waals surface area (Å²) >= 11 is 6.12. The highest BCUT2D eigenvalue weighted by atomic mass is 35.5. The molecule has 2 aromatic rings. The van der Waals surface area contributed by atoms with Gasteiger partial charge in [0.05, 0.1) is 22.6 Å². The topological polar surface area (TPSA) is 75.7 Å². The first-order valence-electron chi connectivity index (χ1n) is 8.35. The lowest BCUT2D eigenvalue weighted by atomic mass is 10.2. The highest BCUT2D eigenvalue weighted by molar-refractivity contribution is 7.89. The fraction of sp³-hybridized carbons (Fsp3) is 0.316. The second-order valence-corrected chi connectivity index (χ2v) is 8.70. The fourth-order valence-electron chi connectivity index (χ4n) is 2.34. The predicted molar refractivity (Wildman–Crippen MR) is 106 cm³/mol. The van der Waals surface area contributed by atoms with Crippen molar-refractivity contribution in [3.05, 3.63) is 58.6 Å². The monoisotopic (exact) mass is 410 g/mol. The summed E-state index contributed by atoms with van der Waals surface area (Å²) in [6.45, 7) is 3.81. The number of nitrogens with zero attached hydrogens (tertiary/aromatic N) is 1. The van der Waals surface area contributed by atoms with Gasteiger partial charge < -0.3 is 10.1 Å². The van der Waals surface area contributed by atoms with Gasteiger partial charge in [0.15, 0.2) is 0 Å². The first-order chi connectivity index (χ1) is 12.7. The molecule has 0 fully saturated rings. The third-order valence-electron chi connectivity index (χ3n) is 4.17. The van der Waals surface area contributed by atoms with Gasteiger partial charge in [-0.2, -0.15) is 4.31 Å². The van der Waals surface area contributed by atoms with E-state index in [1.54, 1.807) is 27.0 Å². The van der Waals surface area contributed by atoms with Gasteiger partial charge in [-0.3, -0.25) is 4.79 Å². The highest BCUT2D eigenvalue weighted by Crippen LogP contribution is 2.23. The zero-order chi connectivity index (χ0) is 20.2. The van der Waals surface area contributed by atoms with Crippen LogP contribution in [0.3, 0.4) is 0 Å². The molecule has 0 atom stereocenters. The minimum Gasteiger partial charge on any atom is -0.497 e. The van der Waals surface area contributed by atoms with E-state index in [0.29, 0.717) is 5.75 Å². The van der Waals surface area contributed by atoms with Gasteiger partial charge in [0.25, 0.3) is 5.91 Å². The number of sulfonamides is 1. The van der Waals surface area contributed by atoms with Crippen molar-refractivity contribution in [3.63, 3.8) is 0 Å². The van der Waals surface area contributed by atoms with Gasteiger partial charge in [0.2, 0.25) is 10.0 Å². The third-order valence-corrected chi connectivity index (χ3v) is 6.53. The quantitative estimate of drug-likeness (QED) is 0.759. The average molecular weight is 411 g/mol. The largest absolute Gasteiger partial charge is 0.497 e. The molecular weight excluding hydrogens is 388 g/mol. The van der Waals surface area contributed by atoms with Gasteiger partial charge in [-0.25, -0.2) is 8.42 Å². The summed E-state index contributed by atoms with van der Waals surface area (Å²) in [4.78, 5) is 12.6. The number of ether oxygens (including phenoxy) is 1. The lowest BCUT2D eigenvalue weighted by molar-refractivity contribution is 0.0951. The van der Waals surface area contributed by atoms with E-state index < -0.39 is 15.9 Å². The molecule has 1 amide bonds. The molecule has 0 heterocycles. The normalized spacial score (nSPS) is 11.7. The maximum absolute atomic E-state index is 12.6. The first-order valence-corrected chi connectivity index (χ1v) is 10.2. The van der Waals surface area contributed by atoms with Gasteiger partial charge in [-0.1, -0.05) is 23.7 Å². The van der Waals surface area contributed by atoms with Crippen molar-refractivity contribution < 1.29 is 17.9 Å². The Morgan fingerprint density at radius 2 is 1.93 bits per heavy atom. The molecule has 1 N–H and O–H groups in total. The Labute approximate surface area is 165 Å². The number of carbonyl (C=O) groups excluding carboxylic acids is 1. The van der Waals surface area contributed by atoms with Crippen molar-refractivity contribution in [2.45, 2.75) is 31.3 Å². The molecule has 8 heteroatoms. The number of rotatable bonds is 7. The molecule has 6 nitrogen and oxygen atoms in total. The molecule has 0 saturated carbocycles. The number of hydrogen-bond acceptors (Lipinski definition) is 4. The summed E-state index contributed by atoms with van der Waals surface area (Å²) in [5.74, 6) is 0.233. The van der Waals surface area contributed by atoms with Gasteiger partial charge in [0.1, 0.15) is 5.75 Å². The van der Waals surface area contributed by atoms with Crippen molar-refractivity contribution in [2.75, 3.05) is 14.2 Å². The molecule has 0 radical (unpaired) electrons. The predicted octanol–water partition coefficient (Wildman–Crippen LogP) is 3.31. The Bertz CT molecular complexity index is 929. The second-order valence-electron chi connectivity index (χ2n) is 6.29. The van der Waals surface area contributed by atoms with Crippen LogP contribution in [-0.2, 0) is 16.6 Å². The Kier molecular flexibility index (Phi) is 6.86. The maximum Gasteiger partial charge on any atom is 0.253 e. The van der Waals surface area contributed by atoms with E-state index in [2.05, 4.69) is 5.32 Å². The summed E-state index contributed by atoms with van der Waals surface area (Å²) in [5, 5.41) is 2.94. The van der Waals surface area contributed by atoms with Crippen LogP contribution in [0.2, 0.25) is 5.02 Å². The smallest absolute Gasteiger partial charge is 0.253 e. The number of halogens is 1. The molecule has 2 aromatic carbocycles. The number of amides is 1. The Morgan fingerprint density at radius 3 is 2.56 bits per heavy atom. The molecule has 0 aromatic heterocycles. The van der Waals surface area contributed by atoms with Crippen LogP contribution in [0, 0.1) is 0 Å². The van der Waals surface area contributed by atoms with Gasteiger partial charge in [-0.15, -0.1) is 0 Å². The minimum atomic E-state index is -3.71. The van der Waals surface area contributed by atoms with E-state index in [9.17, 15) is 13.2 Å². The van der Waals surface area contributed by atoms with Crippen molar-refractivity contribution in [3.8, 4) is 5.75 Å². The molecule has 0 saturated heterocycles. The Morgan fingerprint density at radius 1 is 1.22 bits per heavy atom. The summed E-state index contributed by atoms with van der Waals surface area (Å²) in [5.41, 5.74) is 0.958. The molecule has 0 aliphatic rings. The first kappa shape index (κ1) is 21.2. The maximum atomic E-state index is 12.6. The SMILES string of the molecule is COc1cccc(CNC(=O)c2cc(S(=O)(=O)N(C)C(C)C)ccc2Cl)c1. The summed E-state index contributed by atoms with van der Waals surface area (Å²) in [6, 6.07) is 11.2. The van der Waals surface area contributed by atoms with Crippen LogP contribution in [0.15, 0.2) is 47.4 Å². The van der Waals surface area contributed by atoms with Crippen LogP contribution in [0.1, 0.15) is 29.8 Å². The second kappa shape index (κ2) is 8.73. The van der Waals surface area contributed by atoms with Crippen molar-refractivity contribution in [1.29, 1.82) is 0 Å². The van der Waals surface area contributed by atoms with Gasteiger partial charge >= 0.3 is 0 Å². The Balaban J connectivity index is 2.23. The number of nitrogens with one attached hydrogen (secondary N) is 1. The number of methoxy groups -OCH3 is 1. The van der Waals surface area contributed by atoms with Gasteiger partial charge in [0, 0.05) is 19.6 Å². The molecule has 0 unspecified atom stereocenters. The van der Waals surface area contributed by atoms with E-state index in [4.69, 9.17) is 16.3 Å². The van der Waals surface area contributed by atoms with Crippen molar-refractivity contribution >= 4 is 27.5 Å². The molecule has 0 aliphatic carbocycles. The van der Waals surface area contributed by atoms with Gasteiger partial charge in [-0.05, 0) is 49.7 Å². The van der Waals surface area contributed by atoms with E-state index in [-0.39, 0.29) is 28.1 Å². The van der Waals surface area contributed by atoms with E-state index in [1.165, 1.54) is 29.6 Å². The Hall–Kier alpha value is -2.09. The fourth-order valence-corrected chi connectivity index (χ4v) is 3.94.